The van der Waals surface area contributed by atoms with Crippen molar-refractivity contribution >= 4 is 29.1 Å². The van der Waals surface area contributed by atoms with Gasteiger partial charge in [0.05, 0.1) is 12.1 Å². The molecule has 0 aliphatic heterocycles. The molecule has 1 N–H and O–H groups in total. The van der Waals surface area contributed by atoms with Crippen LogP contribution in [0.3, 0.4) is 0 Å². The predicted octanol–water partition coefficient (Wildman–Crippen LogP) is 3.34. The Morgan fingerprint density at radius 1 is 1.19 bits per heavy atom. The molecule has 0 aliphatic rings. The van der Waals surface area contributed by atoms with Gasteiger partial charge in [-0.05, 0) is 36.4 Å². The lowest BCUT2D eigenvalue weighted by Gasteiger charge is -2.17. The Morgan fingerprint density at radius 2 is 1.85 bits per heavy atom. The zero-order chi connectivity index (χ0) is 19.3. The summed E-state index contributed by atoms with van der Waals surface area (Å²) in [5.74, 6) is -1.36. The van der Waals surface area contributed by atoms with Gasteiger partial charge in [0.25, 0.3) is 5.91 Å². The van der Waals surface area contributed by atoms with Gasteiger partial charge in [-0.1, -0.05) is 11.6 Å². The van der Waals surface area contributed by atoms with Gasteiger partial charge in [-0.25, -0.2) is 4.98 Å². The summed E-state index contributed by atoms with van der Waals surface area (Å²) in [6.07, 6.45) is -3.50. The van der Waals surface area contributed by atoms with E-state index in [4.69, 9.17) is 11.6 Å². The Bertz CT molecular complexity index is 780. The highest BCUT2D eigenvalue weighted by Gasteiger charge is 2.31. The van der Waals surface area contributed by atoms with Crippen molar-refractivity contribution in [3.05, 3.63) is 53.3 Å². The third-order valence-electron chi connectivity index (χ3n) is 3.07. The number of anilines is 1. The molecule has 0 unspecified atom stereocenters. The summed E-state index contributed by atoms with van der Waals surface area (Å²) in [5.41, 5.74) is 0.525. The van der Waals surface area contributed by atoms with E-state index >= 15 is 0 Å². The Hall–Kier alpha value is -2.81. The fraction of sp³-hybridized carbons (Fsp3) is 0.188. The van der Waals surface area contributed by atoms with Crippen LogP contribution in [0.15, 0.2) is 42.6 Å². The molecule has 0 radical (unpaired) electrons. The number of pyridine rings is 1. The van der Waals surface area contributed by atoms with Gasteiger partial charge in [0.1, 0.15) is 10.9 Å². The molecule has 10 heteroatoms. The molecule has 0 fully saturated rings. The molecule has 1 aromatic heterocycles. The van der Waals surface area contributed by atoms with E-state index in [0.29, 0.717) is 0 Å². The SMILES string of the molecule is CN(CC(=O)Nc1ccc(OC(F)(F)F)cc1)C(=O)c1ccc(Cl)nc1. The summed E-state index contributed by atoms with van der Waals surface area (Å²) in [7, 11) is 1.43. The van der Waals surface area contributed by atoms with E-state index in [-0.39, 0.29) is 22.9 Å². The molecule has 0 bridgehead atoms. The second-order valence-electron chi connectivity index (χ2n) is 5.15. The van der Waals surface area contributed by atoms with Crippen LogP contribution in [0.1, 0.15) is 10.4 Å². The highest BCUT2D eigenvalue weighted by atomic mass is 35.5. The summed E-state index contributed by atoms with van der Waals surface area (Å²) < 4.78 is 40.0. The summed E-state index contributed by atoms with van der Waals surface area (Å²) >= 11 is 5.65. The van der Waals surface area contributed by atoms with Crippen molar-refractivity contribution < 1.29 is 27.5 Å². The standard InChI is InChI=1S/C16H13ClF3N3O3/c1-23(15(25)10-2-7-13(17)21-8-10)9-14(24)22-11-3-5-12(6-4-11)26-16(18,19)20/h2-8H,9H2,1H3,(H,22,24). The first-order chi connectivity index (χ1) is 12.1. The van der Waals surface area contributed by atoms with Crippen molar-refractivity contribution in [1.82, 2.24) is 9.88 Å². The van der Waals surface area contributed by atoms with Gasteiger partial charge in [0, 0.05) is 18.9 Å². The van der Waals surface area contributed by atoms with Crippen LogP contribution in [0.5, 0.6) is 5.75 Å². The van der Waals surface area contributed by atoms with Gasteiger partial charge >= 0.3 is 6.36 Å². The summed E-state index contributed by atoms with van der Waals surface area (Å²) in [4.78, 5) is 29.1. The monoisotopic (exact) mass is 387 g/mol. The van der Waals surface area contributed by atoms with Gasteiger partial charge in [-0.2, -0.15) is 0 Å². The molecule has 2 aromatic rings. The van der Waals surface area contributed by atoms with Crippen molar-refractivity contribution in [3.8, 4) is 5.75 Å². The Balaban J connectivity index is 1.91. The lowest BCUT2D eigenvalue weighted by atomic mass is 10.2. The topological polar surface area (TPSA) is 71.5 Å². The number of amides is 2. The number of carbonyl (C=O) groups is 2. The molecule has 6 nitrogen and oxygen atoms in total. The number of likely N-dealkylation sites (N-methyl/N-ethyl adjacent to an activating group) is 1. The molecule has 2 rings (SSSR count). The first-order valence-corrected chi connectivity index (χ1v) is 7.54. The number of halogens is 4. The van der Waals surface area contributed by atoms with Crippen LogP contribution in [0.2, 0.25) is 5.15 Å². The van der Waals surface area contributed by atoms with Crippen LogP contribution >= 0.6 is 11.6 Å². The Labute approximate surface area is 151 Å². The van der Waals surface area contributed by atoms with Crippen molar-refractivity contribution in [1.29, 1.82) is 0 Å². The minimum absolute atomic E-state index is 0.236. The fourth-order valence-corrected chi connectivity index (χ4v) is 2.06. The van der Waals surface area contributed by atoms with Crippen LogP contribution in [-0.2, 0) is 4.79 Å². The fourth-order valence-electron chi connectivity index (χ4n) is 1.95. The second kappa shape index (κ2) is 8.05. The average molecular weight is 388 g/mol. The second-order valence-corrected chi connectivity index (χ2v) is 5.54. The van der Waals surface area contributed by atoms with E-state index < -0.39 is 23.9 Å². The Kier molecular flexibility index (Phi) is 6.04. The highest BCUT2D eigenvalue weighted by molar-refractivity contribution is 6.29. The molecule has 0 spiro atoms. The molecule has 0 atom stereocenters. The predicted molar refractivity (Wildman–Crippen MR) is 88.0 cm³/mol. The molecule has 2 amide bonds. The quantitative estimate of drug-likeness (QED) is 0.799. The number of benzene rings is 1. The minimum Gasteiger partial charge on any atom is -0.406 e. The number of carbonyl (C=O) groups excluding carboxylic acids is 2. The lowest BCUT2D eigenvalue weighted by Crippen LogP contribution is -2.35. The van der Waals surface area contributed by atoms with Crippen LogP contribution in [0.25, 0.3) is 0 Å². The maximum absolute atomic E-state index is 12.2. The van der Waals surface area contributed by atoms with Crippen molar-refractivity contribution in [2.75, 3.05) is 18.9 Å². The number of nitrogens with one attached hydrogen (secondary N) is 1. The summed E-state index contributed by atoms with van der Waals surface area (Å²) in [5, 5.41) is 2.71. The van der Waals surface area contributed by atoms with Crippen LogP contribution in [0.4, 0.5) is 18.9 Å². The molecule has 138 valence electrons. The zero-order valence-electron chi connectivity index (χ0n) is 13.4. The summed E-state index contributed by atoms with van der Waals surface area (Å²) in [6, 6.07) is 7.57. The third-order valence-corrected chi connectivity index (χ3v) is 3.30. The van der Waals surface area contributed by atoms with E-state index in [0.717, 1.165) is 12.1 Å². The molecular formula is C16H13ClF3N3O3. The third kappa shape index (κ3) is 5.92. The van der Waals surface area contributed by atoms with Crippen LogP contribution in [0, 0.1) is 0 Å². The normalized spacial score (nSPS) is 11.0. The van der Waals surface area contributed by atoms with E-state index in [1.807, 2.05) is 0 Å². The highest BCUT2D eigenvalue weighted by Crippen LogP contribution is 2.23. The maximum atomic E-state index is 12.2. The number of aromatic nitrogens is 1. The van der Waals surface area contributed by atoms with Gasteiger partial charge in [-0.15, -0.1) is 13.2 Å². The van der Waals surface area contributed by atoms with Gasteiger partial charge < -0.3 is 15.0 Å². The smallest absolute Gasteiger partial charge is 0.406 e. The van der Waals surface area contributed by atoms with Crippen LogP contribution < -0.4 is 10.1 Å². The molecule has 26 heavy (non-hydrogen) atoms. The Morgan fingerprint density at radius 3 is 2.38 bits per heavy atom. The maximum Gasteiger partial charge on any atom is 0.573 e. The average Bonchev–Trinajstić information content (AvgIpc) is 2.55. The van der Waals surface area contributed by atoms with E-state index in [9.17, 15) is 22.8 Å². The van der Waals surface area contributed by atoms with Gasteiger partial charge in [0.2, 0.25) is 5.91 Å². The first-order valence-electron chi connectivity index (χ1n) is 7.17. The number of rotatable bonds is 5. The van der Waals surface area contributed by atoms with Crippen molar-refractivity contribution in [3.63, 3.8) is 0 Å². The molecule has 0 saturated heterocycles. The molecule has 0 saturated carbocycles. The molecular weight excluding hydrogens is 375 g/mol. The summed E-state index contributed by atoms with van der Waals surface area (Å²) in [6.45, 7) is -0.262. The van der Waals surface area contributed by atoms with E-state index in [1.165, 1.54) is 42.4 Å². The number of alkyl halides is 3. The van der Waals surface area contributed by atoms with E-state index in [1.54, 1.807) is 0 Å². The van der Waals surface area contributed by atoms with Crippen LogP contribution in [-0.4, -0.2) is 41.7 Å². The largest absolute Gasteiger partial charge is 0.573 e. The van der Waals surface area contributed by atoms with Crippen molar-refractivity contribution in [2.45, 2.75) is 6.36 Å². The zero-order valence-corrected chi connectivity index (χ0v) is 14.1. The molecule has 1 aromatic carbocycles. The number of nitrogens with zero attached hydrogens (tertiary/aromatic N) is 2. The van der Waals surface area contributed by atoms with Crippen molar-refractivity contribution in [2.24, 2.45) is 0 Å². The number of hydrogen-bond donors (Lipinski definition) is 1. The molecule has 1 heterocycles. The van der Waals surface area contributed by atoms with E-state index in [2.05, 4.69) is 15.0 Å². The van der Waals surface area contributed by atoms with Gasteiger partial charge in [0.15, 0.2) is 0 Å². The lowest BCUT2D eigenvalue weighted by molar-refractivity contribution is -0.274. The minimum atomic E-state index is -4.79. The molecule has 0 aliphatic carbocycles. The number of ether oxygens (including phenoxy) is 1. The first kappa shape index (κ1) is 19.5. The van der Waals surface area contributed by atoms with Gasteiger partial charge in [-0.3, -0.25) is 9.59 Å². The number of hydrogen-bond acceptors (Lipinski definition) is 4.